The molecule has 102 valence electrons. The molecule has 0 aromatic carbocycles. The van der Waals surface area contributed by atoms with E-state index in [0.717, 1.165) is 25.0 Å². The fraction of sp³-hybridized carbons (Fsp3) is 0.786. The predicted molar refractivity (Wildman–Crippen MR) is 76.1 cm³/mol. The molecule has 1 N–H and O–H groups in total. The van der Waals surface area contributed by atoms with Crippen LogP contribution in [-0.2, 0) is 0 Å². The first kappa shape index (κ1) is 13.4. The fourth-order valence-electron chi connectivity index (χ4n) is 2.68. The first-order valence-electron chi connectivity index (χ1n) is 7.20. The second-order valence-corrected chi connectivity index (χ2v) is 5.46. The van der Waals surface area contributed by atoms with Crippen LogP contribution in [0.5, 0.6) is 0 Å². The van der Waals surface area contributed by atoms with E-state index in [4.69, 9.17) is 0 Å². The molecule has 0 spiro atoms. The molecule has 0 amide bonds. The first-order chi connectivity index (χ1) is 8.72. The summed E-state index contributed by atoms with van der Waals surface area (Å²) in [7, 11) is 0. The van der Waals surface area contributed by atoms with E-state index in [2.05, 4.69) is 46.7 Å². The van der Waals surface area contributed by atoms with Gasteiger partial charge in [-0.25, -0.2) is 4.98 Å². The molecule has 1 aromatic rings. The summed E-state index contributed by atoms with van der Waals surface area (Å²) in [5.74, 6) is 1.94. The van der Waals surface area contributed by atoms with Gasteiger partial charge in [-0.05, 0) is 52.6 Å². The van der Waals surface area contributed by atoms with Crippen molar-refractivity contribution < 1.29 is 0 Å². The van der Waals surface area contributed by atoms with E-state index < -0.39 is 0 Å². The molecule has 0 aliphatic carbocycles. The average molecular weight is 250 g/mol. The predicted octanol–water partition coefficient (Wildman–Crippen LogP) is 2.29. The van der Waals surface area contributed by atoms with Gasteiger partial charge < -0.3 is 14.8 Å². The number of imidazole rings is 1. The van der Waals surface area contributed by atoms with Crippen LogP contribution in [0.4, 0.5) is 5.95 Å². The van der Waals surface area contributed by atoms with Crippen LogP contribution in [0.1, 0.15) is 39.7 Å². The molecular formula is C14H26N4. The maximum Gasteiger partial charge on any atom is 0.205 e. The van der Waals surface area contributed by atoms with Gasteiger partial charge in [-0.15, -0.1) is 0 Å². The van der Waals surface area contributed by atoms with Gasteiger partial charge in [-0.3, -0.25) is 0 Å². The van der Waals surface area contributed by atoms with Crippen molar-refractivity contribution in [1.82, 2.24) is 14.9 Å². The number of aromatic nitrogens is 2. The standard InChI is InChI=1S/C14H26N4/c1-4-17(11-13-5-7-15-8-6-13)14-16-9-10-18(14)12(2)3/h9-10,12-13,15H,4-8,11H2,1-3H3. The van der Waals surface area contributed by atoms with Crippen LogP contribution in [0.3, 0.4) is 0 Å². The highest BCUT2D eigenvalue weighted by Crippen LogP contribution is 2.21. The average Bonchev–Trinajstić information content (AvgIpc) is 2.86. The summed E-state index contributed by atoms with van der Waals surface area (Å²) in [5.41, 5.74) is 0. The molecular weight excluding hydrogens is 224 g/mol. The number of hydrogen-bond acceptors (Lipinski definition) is 3. The Balaban J connectivity index is 2.05. The zero-order valence-electron chi connectivity index (χ0n) is 11.9. The van der Waals surface area contributed by atoms with E-state index in [1.54, 1.807) is 0 Å². The third-order valence-electron chi connectivity index (χ3n) is 3.81. The van der Waals surface area contributed by atoms with Crippen LogP contribution in [0.2, 0.25) is 0 Å². The highest BCUT2D eigenvalue weighted by Gasteiger charge is 2.19. The molecule has 0 unspecified atom stereocenters. The van der Waals surface area contributed by atoms with Gasteiger partial charge >= 0.3 is 0 Å². The highest BCUT2D eigenvalue weighted by molar-refractivity contribution is 5.31. The van der Waals surface area contributed by atoms with Gasteiger partial charge in [-0.1, -0.05) is 0 Å². The smallest absolute Gasteiger partial charge is 0.205 e. The molecule has 18 heavy (non-hydrogen) atoms. The summed E-state index contributed by atoms with van der Waals surface area (Å²) >= 11 is 0. The Labute approximate surface area is 110 Å². The lowest BCUT2D eigenvalue weighted by Crippen LogP contribution is -2.37. The number of anilines is 1. The van der Waals surface area contributed by atoms with Crippen LogP contribution in [-0.4, -0.2) is 35.7 Å². The van der Waals surface area contributed by atoms with Crippen molar-refractivity contribution in [3.8, 4) is 0 Å². The lowest BCUT2D eigenvalue weighted by atomic mass is 9.97. The van der Waals surface area contributed by atoms with Crippen molar-refractivity contribution >= 4 is 5.95 Å². The van der Waals surface area contributed by atoms with Crippen molar-refractivity contribution in [1.29, 1.82) is 0 Å². The number of nitrogens with zero attached hydrogens (tertiary/aromatic N) is 3. The molecule has 4 nitrogen and oxygen atoms in total. The monoisotopic (exact) mass is 250 g/mol. The minimum Gasteiger partial charge on any atom is -0.342 e. The minimum absolute atomic E-state index is 0.476. The molecule has 1 fully saturated rings. The second kappa shape index (κ2) is 6.23. The van der Waals surface area contributed by atoms with Gasteiger partial charge in [0, 0.05) is 31.5 Å². The third-order valence-corrected chi connectivity index (χ3v) is 3.81. The molecule has 1 saturated heterocycles. The van der Waals surface area contributed by atoms with E-state index >= 15 is 0 Å². The topological polar surface area (TPSA) is 33.1 Å². The Bertz CT molecular complexity index is 352. The number of hydrogen-bond donors (Lipinski definition) is 1. The van der Waals surface area contributed by atoms with Gasteiger partial charge in [0.1, 0.15) is 0 Å². The fourth-order valence-corrected chi connectivity index (χ4v) is 2.68. The summed E-state index contributed by atoms with van der Waals surface area (Å²) in [6.45, 7) is 11.2. The van der Waals surface area contributed by atoms with Gasteiger partial charge in [0.05, 0.1) is 0 Å². The minimum atomic E-state index is 0.476. The molecule has 4 heteroatoms. The lowest BCUT2D eigenvalue weighted by Gasteiger charge is -2.31. The Kier molecular flexibility index (Phi) is 4.64. The highest BCUT2D eigenvalue weighted by atomic mass is 15.3. The second-order valence-electron chi connectivity index (χ2n) is 5.46. The molecule has 0 atom stereocenters. The Morgan fingerprint density at radius 1 is 1.44 bits per heavy atom. The van der Waals surface area contributed by atoms with Crippen LogP contribution in [0.25, 0.3) is 0 Å². The Morgan fingerprint density at radius 3 is 2.78 bits per heavy atom. The van der Waals surface area contributed by atoms with Crippen molar-refractivity contribution in [2.75, 3.05) is 31.1 Å². The van der Waals surface area contributed by atoms with Crippen molar-refractivity contribution in [2.24, 2.45) is 5.92 Å². The third kappa shape index (κ3) is 3.05. The number of nitrogens with one attached hydrogen (secondary N) is 1. The lowest BCUT2D eigenvalue weighted by molar-refractivity contribution is 0.371. The van der Waals surface area contributed by atoms with Crippen LogP contribution in [0.15, 0.2) is 12.4 Å². The zero-order chi connectivity index (χ0) is 13.0. The number of rotatable bonds is 5. The Morgan fingerprint density at radius 2 is 2.17 bits per heavy atom. The quantitative estimate of drug-likeness (QED) is 0.870. The van der Waals surface area contributed by atoms with Gasteiger partial charge in [0.2, 0.25) is 5.95 Å². The van der Waals surface area contributed by atoms with Crippen molar-refractivity contribution in [3.05, 3.63) is 12.4 Å². The Hall–Kier alpha value is -1.03. The van der Waals surface area contributed by atoms with Crippen molar-refractivity contribution in [2.45, 2.75) is 39.7 Å². The zero-order valence-corrected chi connectivity index (χ0v) is 11.9. The molecule has 2 heterocycles. The molecule has 0 saturated carbocycles. The van der Waals surface area contributed by atoms with Gasteiger partial charge in [0.15, 0.2) is 0 Å². The SMILES string of the molecule is CCN(CC1CCNCC1)c1nccn1C(C)C. The maximum absolute atomic E-state index is 4.55. The number of piperidine rings is 1. The summed E-state index contributed by atoms with van der Waals surface area (Å²) in [4.78, 5) is 6.97. The van der Waals surface area contributed by atoms with Crippen molar-refractivity contribution in [3.63, 3.8) is 0 Å². The van der Waals surface area contributed by atoms with E-state index in [1.165, 1.54) is 25.9 Å². The van der Waals surface area contributed by atoms with Crippen LogP contribution < -0.4 is 10.2 Å². The summed E-state index contributed by atoms with van der Waals surface area (Å²) in [6.07, 6.45) is 6.59. The van der Waals surface area contributed by atoms with Gasteiger partial charge in [0.25, 0.3) is 0 Å². The molecule has 1 aliphatic heterocycles. The normalized spacial score (nSPS) is 17.3. The summed E-state index contributed by atoms with van der Waals surface area (Å²) in [5, 5.41) is 3.43. The summed E-state index contributed by atoms with van der Waals surface area (Å²) in [6, 6.07) is 0.476. The van der Waals surface area contributed by atoms with Crippen LogP contribution >= 0.6 is 0 Å². The first-order valence-corrected chi connectivity index (χ1v) is 7.20. The largest absolute Gasteiger partial charge is 0.342 e. The molecule has 0 radical (unpaired) electrons. The molecule has 0 bridgehead atoms. The molecule has 1 aliphatic rings. The van der Waals surface area contributed by atoms with Gasteiger partial charge in [-0.2, -0.15) is 0 Å². The summed E-state index contributed by atoms with van der Waals surface area (Å²) < 4.78 is 2.27. The van der Waals surface area contributed by atoms with Crippen LogP contribution in [0, 0.1) is 5.92 Å². The van der Waals surface area contributed by atoms with E-state index in [1.807, 2.05) is 6.20 Å². The molecule has 1 aromatic heterocycles. The maximum atomic E-state index is 4.55. The van der Waals surface area contributed by atoms with E-state index in [-0.39, 0.29) is 0 Å². The van der Waals surface area contributed by atoms with E-state index in [9.17, 15) is 0 Å². The van der Waals surface area contributed by atoms with E-state index in [0.29, 0.717) is 6.04 Å². The molecule has 2 rings (SSSR count).